The lowest BCUT2D eigenvalue weighted by Gasteiger charge is -2.32. The molecule has 1 aromatic rings. The van der Waals surface area contributed by atoms with Crippen LogP contribution in [0.25, 0.3) is 0 Å². The lowest BCUT2D eigenvalue weighted by Crippen LogP contribution is -2.41. The van der Waals surface area contributed by atoms with Crippen LogP contribution >= 0.6 is 0 Å². The molecule has 2 N–H and O–H groups in total. The molecule has 6 heteroatoms. The zero-order valence-corrected chi connectivity index (χ0v) is 13.0. The van der Waals surface area contributed by atoms with E-state index in [1.165, 1.54) is 6.07 Å². The smallest absolute Gasteiger partial charge is 0.313 e. The third kappa shape index (κ3) is 4.01. The number of hydrogen-bond acceptors (Lipinski definition) is 5. The topological polar surface area (TPSA) is 95.5 Å². The Morgan fingerprint density at radius 2 is 1.76 bits per heavy atom. The Morgan fingerprint density at radius 1 is 1.24 bits per heavy atom. The van der Waals surface area contributed by atoms with Crippen LogP contribution in [-0.2, 0) is 9.53 Å². The van der Waals surface area contributed by atoms with E-state index in [1.54, 1.807) is 52.8 Å². The summed E-state index contributed by atoms with van der Waals surface area (Å²) < 4.78 is 5.36. The normalized spacial score (nSPS) is 13.6. The van der Waals surface area contributed by atoms with Crippen LogP contribution in [0, 0.1) is 15.5 Å². The maximum atomic E-state index is 12.3. The summed E-state index contributed by atoms with van der Waals surface area (Å²) in [6.07, 6.45) is 0. The zero-order chi connectivity index (χ0) is 16.4. The van der Waals surface area contributed by atoms with Gasteiger partial charge in [-0.05, 0) is 34.6 Å². The highest BCUT2D eigenvalue weighted by Gasteiger charge is 2.41. The minimum atomic E-state index is -1.08. The molecular formula is C15H22N2O4. The molecule has 116 valence electrons. The number of carbonyl (C=O) groups is 1. The molecule has 0 saturated heterocycles. The molecule has 0 fully saturated rings. The van der Waals surface area contributed by atoms with Crippen molar-refractivity contribution in [1.29, 1.82) is 0 Å². The Hall–Kier alpha value is -1.95. The van der Waals surface area contributed by atoms with Crippen LogP contribution in [0.4, 0.5) is 5.69 Å². The molecule has 0 radical (unpaired) electrons. The molecule has 1 aromatic carbocycles. The number of para-hydroxylation sites is 1. The van der Waals surface area contributed by atoms with E-state index in [0.29, 0.717) is 5.56 Å². The molecule has 0 saturated carbocycles. The molecule has 6 nitrogen and oxygen atoms in total. The Kier molecular flexibility index (Phi) is 4.73. The van der Waals surface area contributed by atoms with Crippen molar-refractivity contribution < 1.29 is 14.5 Å². The van der Waals surface area contributed by atoms with Gasteiger partial charge in [0.25, 0.3) is 5.69 Å². The lowest BCUT2D eigenvalue weighted by molar-refractivity contribution is -0.385. The number of nitro benzene ring substituents is 1. The first-order valence-electron chi connectivity index (χ1n) is 6.69. The molecule has 0 aliphatic rings. The minimum Gasteiger partial charge on any atom is -0.460 e. The van der Waals surface area contributed by atoms with Crippen LogP contribution in [0.15, 0.2) is 24.3 Å². The largest absolute Gasteiger partial charge is 0.460 e. The van der Waals surface area contributed by atoms with Crippen molar-refractivity contribution in [2.45, 2.75) is 46.3 Å². The van der Waals surface area contributed by atoms with E-state index in [9.17, 15) is 14.9 Å². The standard InChI is InChI=1S/C15H22N2O4/c1-14(2,3)21-13(18)15(4,5)12(16)10-8-6-7-9-11(10)17(19)20/h6-9,12H,16H2,1-5H3/t12-/m0/s1. The second kappa shape index (κ2) is 5.81. The van der Waals surface area contributed by atoms with Crippen LogP contribution in [0.2, 0.25) is 0 Å². The van der Waals surface area contributed by atoms with Gasteiger partial charge in [0, 0.05) is 11.6 Å². The Balaban J connectivity index is 3.15. The van der Waals surface area contributed by atoms with E-state index in [4.69, 9.17) is 10.5 Å². The van der Waals surface area contributed by atoms with E-state index in [2.05, 4.69) is 0 Å². The molecule has 1 atom stereocenters. The highest BCUT2D eigenvalue weighted by Crippen LogP contribution is 2.37. The van der Waals surface area contributed by atoms with Gasteiger partial charge in [-0.3, -0.25) is 14.9 Å². The van der Waals surface area contributed by atoms with Crippen LogP contribution in [0.3, 0.4) is 0 Å². The zero-order valence-electron chi connectivity index (χ0n) is 13.0. The van der Waals surface area contributed by atoms with Crippen molar-refractivity contribution in [1.82, 2.24) is 0 Å². The molecule has 0 spiro atoms. The number of nitrogens with zero attached hydrogens (tertiary/aromatic N) is 1. The van der Waals surface area contributed by atoms with E-state index in [0.717, 1.165) is 0 Å². The van der Waals surface area contributed by atoms with Gasteiger partial charge in [-0.15, -0.1) is 0 Å². The van der Waals surface area contributed by atoms with Gasteiger partial charge in [0.05, 0.1) is 16.4 Å². The monoisotopic (exact) mass is 294 g/mol. The van der Waals surface area contributed by atoms with Crippen LogP contribution < -0.4 is 5.73 Å². The van der Waals surface area contributed by atoms with Crippen molar-refractivity contribution in [2.75, 3.05) is 0 Å². The number of rotatable bonds is 4. The van der Waals surface area contributed by atoms with Gasteiger partial charge in [-0.25, -0.2) is 0 Å². The van der Waals surface area contributed by atoms with Crippen molar-refractivity contribution in [3.05, 3.63) is 39.9 Å². The molecule has 21 heavy (non-hydrogen) atoms. The van der Waals surface area contributed by atoms with E-state index in [-0.39, 0.29) is 5.69 Å². The van der Waals surface area contributed by atoms with E-state index >= 15 is 0 Å². The molecule has 0 unspecified atom stereocenters. The van der Waals surface area contributed by atoms with Gasteiger partial charge >= 0.3 is 5.97 Å². The fraction of sp³-hybridized carbons (Fsp3) is 0.533. The Bertz CT molecular complexity index is 547. The summed E-state index contributed by atoms with van der Waals surface area (Å²) in [6.45, 7) is 8.54. The summed E-state index contributed by atoms with van der Waals surface area (Å²) in [5.41, 5.74) is 4.62. The average Bonchev–Trinajstić information content (AvgIpc) is 2.35. The highest BCUT2D eigenvalue weighted by molar-refractivity contribution is 5.78. The summed E-state index contributed by atoms with van der Waals surface area (Å²) in [6, 6.07) is 5.33. The Morgan fingerprint density at radius 3 is 2.24 bits per heavy atom. The van der Waals surface area contributed by atoms with Gasteiger partial charge < -0.3 is 10.5 Å². The molecule has 0 amide bonds. The second-order valence-corrected chi connectivity index (χ2v) is 6.52. The number of hydrogen-bond donors (Lipinski definition) is 1. The number of nitro groups is 1. The first-order valence-corrected chi connectivity index (χ1v) is 6.69. The number of benzene rings is 1. The van der Waals surface area contributed by atoms with Crippen LogP contribution in [0.1, 0.15) is 46.2 Å². The first-order chi connectivity index (χ1) is 9.47. The molecule has 1 rings (SSSR count). The average molecular weight is 294 g/mol. The molecule has 0 aromatic heterocycles. The number of ether oxygens (including phenoxy) is 1. The van der Waals surface area contributed by atoms with Gasteiger partial charge in [-0.1, -0.05) is 18.2 Å². The lowest BCUT2D eigenvalue weighted by atomic mass is 9.80. The predicted octanol–water partition coefficient (Wildman–Crippen LogP) is 2.96. The molecule has 0 heterocycles. The van der Waals surface area contributed by atoms with Gasteiger partial charge in [0.1, 0.15) is 5.60 Å². The fourth-order valence-corrected chi connectivity index (χ4v) is 1.84. The van der Waals surface area contributed by atoms with Gasteiger partial charge in [0.15, 0.2) is 0 Å². The summed E-state index contributed by atoms with van der Waals surface area (Å²) >= 11 is 0. The second-order valence-electron chi connectivity index (χ2n) is 6.52. The number of nitrogens with two attached hydrogens (primary N) is 1. The fourth-order valence-electron chi connectivity index (χ4n) is 1.84. The molecule has 0 aliphatic carbocycles. The maximum absolute atomic E-state index is 12.3. The van der Waals surface area contributed by atoms with E-state index in [1.807, 2.05) is 0 Å². The number of esters is 1. The van der Waals surface area contributed by atoms with E-state index < -0.39 is 28.0 Å². The summed E-state index contributed by atoms with van der Waals surface area (Å²) in [5, 5.41) is 11.1. The minimum absolute atomic E-state index is 0.0957. The third-order valence-electron chi connectivity index (χ3n) is 3.17. The quantitative estimate of drug-likeness (QED) is 0.523. The maximum Gasteiger partial charge on any atom is 0.313 e. The van der Waals surface area contributed by atoms with Crippen molar-refractivity contribution in [3.8, 4) is 0 Å². The highest BCUT2D eigenvalue weighted by atomic mass is 16.6. The third-order valence-corrected chi connectivity index (χ3v) is 3.17. The van der Waals surface area contributed by atoms with Gasteiger partial charge in [0.2, 0.25) is 0 Å². The Labute approximate surface area is 124 Å². The molecule has 0 bridgehead atoms. The van der Waals surface area contributed by atoms with Crippen molar-refractivity contribution in [2.24, 2.45) is 11.1 Å². The van der Waals surface area contributed by atoms with Crippen molar-refractivity contribution in [3.63, 3.8) is 0 Å². The van der Waals surface area contributed by atoms with Crippen LogP contribution in [-0.4, -0.2) is 16.5 Å². The summed E-state index contributed by atoms with van der Waals surface area (Å²) in [5.74, 6) is -0.486. The predicted molar refractivity (Wildman–Crippen MR) is 79.7 cm³/mol. The molecular weight excluding hydrogens is 272 g/mol. The summed E-state index contributed by atoms with van der Waals surface area (Å²) in [7, 11) is 0. The summed E-state index contributed by atoms with van der Waals surface area (Å²) in [4.78, 5) is 22.9. The first kappa shape index (κ1) is 17.1. The van der Waals surface area contributed by atoms with Crippen molar-refractivity contribution >= 4 is 11.7 Å². The SMILES string of the molecule is CC(C)(C)OC(=O)C(C)(C)[C@@H](N)c1ccccc1[N+](=O)[O-]. The van der Waals surface area contributed by atoms with Gasteiger partial charge in [-0.2, -0.15) is 0 Å². The molecule has 0 aliphatic heterocycles. The number of carbonyl (C=O) groups excluding carboxylic acids is 1. The van der Waals surface area contributed by atoms with Crippen LogP contribution in [0.5, 0.6) is 0 Å².